The zero-order valence-electron chi connectivity index (χ0n) is 15.7. The lowest BCUT2D eigenvalue weighted by molar-refractivity contribution is 0.0697. The summed E-state index contributed by atoms with van der Waals surface area (Å²) in [5.74, 6) is 0.483. The Hall–Kier alpha value is -3.45. The Morgan fingerprint density at radius 2 is 1.72 bits per heavy atom. The van der Waals surface area contributed by atoms with Crippen LogP contribution in [0, 0.1) is 6.92 Å². The van der Waals surface area contributed by atoms with Gasteiger partial charge < -0.3 is 5.11 Å². The number of benzene rings is 2. The fourth-order valence-electron chi connectivity index (χ4n) is 2.97. The molecule has 0 spiro atoms. The number of aromatic nitrogens is 4. The van der Waals surface area contributed by atoms with Gasteiger partial charge in [-0.2, -0.15) is 0 Å². The van der Waals surface area contributed by atoms with E-state index in [-0.39, 0.29) is 5.56 Å². The van der Waals surface area contributed by atoms with E-state index in [0.717, 1.165) is 33.4 Å². The molecule has 29 heavy (non-hydrogen) atoms. The molecular formula is C22H18N4O2S. The van der Waals surface area contributed by atoms with Crippen molar-refractivity contribution < 1.29 is 9.90 Å². The van der Waals surface area contributed by atoms with Gasteiger partial charge in [0.25, 0.3) is 0 Å². The Labute approximate surface area is 172 Å². The molecule has 2 heterocycles. The van der Waals surface area contributed by atoms with E-state index in [1.165, 1.54) is 0 Å². The fourth-order valence-corrected chi connectivity index (χ4v) is 3.87. The molecule has 0 aliphatic rings. The van der Waals surface area contributed by atoms with Gasteiger partial charge in [0.2, 0.25) is 0 Å². The second kappa shape index (κ2) is 8.28. The lowest BCUT2D eigenvalue weighted by atomic mass is 10.1. The van der Waals surface area contributed by atoms with Gasteiger partial charge in [0.15, 0.2) is 11.0 Å². The van der Waals surface area contributed by atoms with Gasteiger partial charge in [-0.1, -0.05) is 42.1 Å². The first-order valence-corrected chi connectivity index (χ1v) is 9.99. The normalized spacial score (nSPS) is 10.8. The molecule has 0 saturated carbocycles. The number of para-hydroxylation sites is 1. The topological polar surface area (TPSA) is 80.9 Å². The van der Waals surface area contributed by atoms with Crippen molar-refractivity contribution in [2.24, 2.45) is 0 Å². The average molecular weight is 402 g/mol. The summed E-state index contributed by atoms with van der Waals surface area (Å²) < 4.78 is 2.06. The standard InChI is InChI=1S/C22H18N4O2S/c1-15-4-2-3-5-19(15)26-20(17-10-12-23-13-11-17)24-25-22(26)29-14-16-6-8-18(9-7-16)21(27)28/h2-13H,14H2,1H3,(H,27,28). The van der Waals surface area contributed by atoms with E-state index >= 15 is 0 Å². The number of carboxylic acids is 1. The number of aryl methyl sites for hydroxylation is 1. The predicted molar refractivity (Wildman–Crippen MR) is 112 cm³/mol. The van der Waals surface area contributed by atoms with Gasteiger partial charge in [0.1, 0.15) is 0 Å². The molecule has 2 aromatic carbocycles. The SMILES string of the molecule is Cc1ccccc1-n1c(SCc2ccc(C(=O)O)cc2)nnc1-c1ccncc1. The Morgan fingerprint density at radius 3 is 2.41 bits per heavy atom. The van der Waals surface area contributed by atoms with Crippen LogP contribution in [0.4, 0.5) is 0 Å². The van der Waals surface area contributed by atoms with Crippen LogP contribution in [-0.2, 0) is 5.75 Å². The Kier molecular flexibility index (Phi) is 5.39. The van der Waals surface area contributed by atoms with Gasteiger partial charge in [-0.3, -0.25) is 9.55 Å². The van der Waals surface area contributed by atoms with Gasteiger partial charge in [0.05, 0.1) is 11.3 Å². The van der Waals surface area contributed by atoms with Crippen LogP contribution in [-0.4, -0.2) is 30.8 Å². The Balaban J connectivity index is 1.69. The first kappa shape index (κ1) is 18.9. The van der Waals surface area contributed by atoms with Crippen molar-refractivity contribution in [1.82, 2.24) is 19.7 Å². The van der Waals surface area contributed by atoms with E-state index in [9.17, 15) is 4.79 Å². The molecule has 0 atom stereocenters. The van der Waals surface area contributed by atoms with Crippen molar-refractivity contribution in [2.75, 3.05) is 0 Å². The largest absolute Gasteiger partial charge is 0.478 e. The third-order valence-electron chi connectivity index (χ3n) is 4.50. The summed E-state index contributed by atoms with van der Waals surface area (Å²) >= 11 is 1.56. The van der Waals surface area contributed by atoms with Gasteiger partial charge in [-0.15, -0.1) is 10.2 Å². The summed E-state index contributed by atoms with van der Waals surface area (Å²) in [6, 6.07) is 18.8. The van der Waals surface area contributed by atoms with Gasteiger partial charge >= 0.3 is 5.97 Å². The fraction of sp³-hybridized carbons (Fsp3) is 0.0909. The van der Waals surface area contributed by atoms with Crippen LogP contribution in [0.25, 0.3) is 17.1 Å². The van der Waals surface area contributed by atoms with Crippen molar-refractivity contribution in [3.05, 3.63) is 89.7 Å². The summed E-state index contributed by atoms with van der Waals surface area (Å²) in [5, 5.41) is 18.7. The lowest BCUT2D eigenvalue weighted by Gasteiger charge is -2.13. The minimum Gasteiger partial charge on any atom is -0.478 e. The minimum atomic E-state index is -0.925. The van der Waals surface area contributed by atoms with E-state index in [1.54, 1.807) is 36.3 Å². The number of hydrogen-bond donors (Lipinski definition) is 1. The summed E-state index contributed by atoms with van der Waals surface area (Å²) in [4.78, 5) is 15.1. The summed E-state index contributed by atoms with van der Waals surface area (Å²) in [6.07, 6.45) is 3.48. The van der Waals surface area contributed by atoms with Crippen molar-refractivity contribution in [2.45, 2.75) is 17.8 Å². The highest BCUT2D eigenvalue weighted by Crippen LogP contribution is 2.30. The number of pyridine rings is 1. The van der Waals surface area contributed by atoms with Crippen LogP contribution >= 0.6 is 11.8 Å². The molecule has 0 radical (unpaired) electrons. The van der Waals surface area contributed by atoms with Crippen molar-refractivity contribution >= 4 is 17.7 Å². The minimum absolute atomic E-state index is 0.279. The van der Waals surface area contributed by atoms with Gasteiger partial charge in [-0.25, -0.2) is 4.79 Å². The lowest BCUT2D eigenvalue weighted by Crippen LogP contribution is -2.02. The van der Waals surface area contributed by atoms with Crippen molar-refractivity contribution in [3.8, 4) is 17.1 Å². The Bertz CT molecular complexity index is 1140. The van der Waals surface area contributed by atoms with Crippen molar-refractivity contribution in [3.63, 3.8) is 0 Å². The maximum absolute atomic E-state index is 11.0. The zero-order valence-corrected chi connectivity index (χ0v) is 16.5. The molecule has 0 aliphatic carbocycles. The van der Waals surface area contributed by atoms with Crippen LogP contribution in [0.5, 0.6) is 0 Å². The maximum Gasteiger partial charge on any atom is 0.335 e. The van der Waals surface area contributed by atoms with Crippen LogP contribution in [0.15, 0.2) is 78.2 Å². The van der Waals surface area contributed by atoms with Gasteiger partial charge in [0, 0.05) is 23.7 Å². The van der Waals surface area contributed by atoms with Crippen LogP contribution in [0.2, 0.25) is 0 Å². The van der Waals surface area contributed by atoms with E-state index < -0.39 is 5.97 Å². The first-order chi connectivity index (χ1) is 14.1. The monoisotopic (exact) mass is 402 g/mol. The third-order valence-corrected chi connectivity index (χ3v) is 5.50. The maximum atomic E-state index is 11.0. The Morgan fingerprint density at radius 1 is 1.00 bits per heavy atom. The zero-order chi connectivity index (χ0) is 20.2. The highest BCUT2D eigenvalue weighted by atomic mass is 32.2. The van der Waals surface area contributed by atoms with Crippen LogP contribution in [0.1, 0.15) is 21.5 Å². The third kappa shape index (κ3) is 4.05. The molecular weight excluding hydrogens is 384 g/mol. The number of nitrogens with zero attached hydrogens (tertiary/aromatic N) is 4. The number of carboxylic acid groups (broad SMARTS) is 1. The van der Waals surface area contributed by atoms with Crippen LogP contribution in [0.3, 0.4) is 0 Å². The number of aromatic carboxylic acids is 1. The molecule has 4 rings (SSSR count). The molecule has 0 unspecified atom stereocenters. The van der Waals surface area contributed by atoms with Gasteiger partial charge in [-0.05, 0) is 48.4 Å². The molecule has 2 aromatic heterocycles. The quantitative estimate of drug-likeness (QED) is 0.474. The predicted octanol–water partition coefficient (Wildman–Crippen LogP) is 4.63. The molecule has 6 nitrogen and oxygen atoms in total. The molecule has 0 bridgehead atoms. The summed E-state index contributed by atoms with van der Waals surface area (Å²) in [5.41, 5.74) is 4.38. The number of hydrogen-bond acceptors (Lipinski definition) is 5. The molecule has 1 N–H and O–H groups in total. The summed E-state index contributed by atoms with van der Waals surface area (Å²) in [7, 11) is 0. The number of carbonyl (C=O) groups is 1. The average Bonchev–Trinajstić information content (AvgIpc) is 3.17. The molecule has 0 saturated heterocycles. The molecule has 4 aromatic rings. The number of rotatable bonds is 6. The van der Waals surface area contributed by atoms with E-state index in [2.05, 4.69) is 38.8 Å². The second-order valence-corrected chi connectivity index (χ2v) is 7.40. The molecule has 0 amide bonds. The second-order valence-electron chi connectivity index (χ2n) is 6.45. The molecule has 144 valence electrons. The van der Waals surface area contributed by atoms with E-state index in [0.29, 0.717) is 5.75 Å². The number of thioether (sulfide) groups is 1. The highest BCUT2D eigenvalue weighted by Gasteiger charge is 2.17. The van der Waals surface area contributed by atoms with Crippen LogP contribution < -0.4 is 0 Å². The van der Waals surface area contributed by atoms with Crippen molar-refractivity contribution in [1.29, 1.82) is 0 Å². The highest BCUT2D eigenvalue weighted by molar-refractivity contribution is 7.98. The summed E-state index contributed by atoms with van der Waals surface area (Å²) in [6.45, 7) is 2.06. The molecule has 7 heteroatoms. The first-order valence-electron chi connectivity index (χ1n) is 9.00. The molecule has 0 fully saturated rings. The smallest absolute Gasteiger partial charge is 0.335 e. The van der Waals surface area contributed by atoms with E-state index in [4.69, 9.17) is 5.11 Å². The van der Waals surface area contributed by atoms with E-state index in [1.807, 2.05) is 36.4 Å². The molecule has 0 aliphatic heterocycles.